The zero-order valence-electron chi connectivity index (χ0n) is 8.12. The number of rotatable bonds is 5. The van der Waals surface area contributed by atoms with E-state index in [0.29, 0.717) is 0 Å². The van der Waals surface area contributed by atoms with Gasteiger partial charge in [-0.25, -0.2) is 0 Å². The SMILES string of the molecule is CC(=O)OC(C(O)CO)C(O)C(C)O. The Morgan fingerprint density at radius 1 is 1.36 bits per heavy atom. The van der Waals surface area contributed by atoms with Gasteiger partial charge in [0.1, 0.15) is 12.2 Å². The van der Waals surface area contributed by atoms with Gasteiger partial charge in [0.15, 0.2) is 6.10 Å². The van der Waals surface area contributed by atoms with Crippen molar-refractivity contribution in [2.75, 3.05) is 6.61 Å². The maximum Gasteiger partial charge on any atom is 0.303 e. The number of hydrogen-bond acceptors (Lipinski definition) is 6. The molecular weight excluding hydrogens is 192 g/mol. The maximum absolute atomic E-state index is 10.6. The van der Waals surface area contributed by atoms with Gasteiger partial charge in [-0.05, 0) is 6.92 Å². The molecule has 14 heavy (non-hydrogen) atoms. The lowest BCUT2D eigenvalue weighted by Gasteiger charge is -2.27. The molecule has 0 aliphatic heterocycles. The van der Waals surface area contributed by atoms with Crippen molar-refractivity contribution in [3.05, 3.63) is 0 Å². The quantitative estimate of drug-likeness (QED) is 0.390. The number of carbonyl (C=O) groups excluding carboxylic acids is 1. The van der Waals surface area contributed by atoms with Crippen molar-refractivity contribution in [3.8, 4) is 0 Å². The van der Waals surface area contributed by atoms with Gasteiger partial charge in [0.25, 0.3) is 0 Å². The van der Waals surface area contributed by atoms with Gasteiger partial charge in [0, 0.05) is 6.92 Å². The van der Waals surface area contributed by atoms with E-state index in [0.717, 1.165) is 6.92 Å². The highest BCUT2D eigenvalue weighted by Crippen LogP contribution is 2.09. The molecule has 0 saturated heterocycles. The zero-order chi connectivity index (χ0) is 11.3. The van der Waals surface area contributed by atoms with Crippen LogP contribution in [0.5, 0.6) is 0 Å². The first-order valence-electron chi connectivity index (χ1n) is 4.22. The normalized spacial score (nSPS) is 19.6. The summed E-state index contributed by atoms with van der Waals surface area (Å²) in [5.74, 6) is -0.706. The van der Waals surface area contributed by atoms with Crippen LogP contribution >= 0.6 is 0 Å². The predicted octanol–water partition coefficient (Wildman–Crippen LogP) is -1.99. The van der Waals surface area contributed by atoms with Crippen molar-refractivity contribution in [2.24, 2.45) is 0 Å². The van der Waals surface area contributed by atoms with Gasteiger partial charge >= 0.3 is 5.97 Å². The van der Waals surface area contributed by atoms with Gasteiger partial charge in [-0.3, -0.25) is 4.79 Å². The molecule has 84 valence electrons. The van der Waals surface area contributed by atoms with Crippen LogP contribution in [0, 0.1) is 0 Å². The third-order valence-electron chi connectivity index (χ3n) is 1.70. The van der Waals surface area contributed by atoms with Crippen LogP contribution in [0.3, 0.4) is 0 Å². The summed E-state index contributed by atoms with van der Waals surface area (Å²) in [4.78, 5) is 10.6. The molecule has 0 saturated carbocycles. The third kappa shape index (κ3) is 4.01. The molecule has 6 nitrogen and oxygen atoms in total. The molecule has 0 radical (unpaired) electrons. The van der Waals surface area contributed by atoms with E-state index in [4.69, 9.17) is 10.2 Å². The Bertz CT molecular complexity index is 181. The summed E-state index contributed by atoms with van der Waals surface area (Å²) in [6.45, 7) is 1.72. The maximum atomic E-state index is 10.6. The molecule has 0 bridgehead atoms. The highest BCUT2D eigenvalue weighted by atomic mass is 16.6. The second kappa shape index (κ2) is 5.92. The van der Waals surface area contributed by atoms with Crippen molar-refractivity contribution in [1.82, 2.24) is 0 Å². The molecule has 0 fully saturated rings. The summed E-state index contributed by atoms with van der Waals surface area (Å²) in [6.07, 6.45) is -5.33. The fourth-order valence-electron chi connectivity index (χ4n) is 0.946. The lowest BCUT2D eigenvalue weighted by molar-refractivity contribution is -0.171. The number of ether oxygens (including phenoxy) is 1. The van der Waals surface area contributed by atoms with E-state index in [1.165, 1.54) is 6.92 Å². The minimum Gasteiger partial charge on any atom is -0.457 e. The number of hydrogen-bond donors (Lipinski definition) is 4. The van der Waals surface area contributed by atoms with Gasteiger partial charge in [0.2, 0.25) is 0 Å². The van der Waals surface area contributed by atoms with Crippen LogP contribution in [-0.2, 0) is 9.53 Å². The van der Waals surface area contributed by atoms with Crippen LogP contribution in [0.4, 0.5) is 0 Å². The highest BCUT2D eigenvalue weighted by molar-refractivity contribution is 5.66. The van der Waals surface area contributed by atoms with E-state index in [9.17, 15) is 15.0 Å². The summed E-state index contributed by atoms with van der Waals surface area (Å²) < 4.78 is 4.57. The standard InChI is InChI=1S/C8H16O6/c1-4(10)7(13)8(6(12)3-9)14-5(2)11/h4,6-10,12-13H,3H2,1-2H3. The first-order chi connectivity index (χ1) is 6.40. The van der Waals surface area contributed by atoms with Crippen LogP contribution in [0.2, 0.25) is 0 Å². The van der Waals surface area contributed by atoms with E-state index in [-0.39, 0.29) is 0 Å². The number of aliphatic hydroxyl groups is 4. The number of aliphatic hydroxyl groups excluding tert-OH is 4. The lowest BCUT2D eigenvalue weighted by Crippen LogP contribution is -2.47. The first-order valence-corrected chi connectivity index (χ1v) is 4.22. The molecule has 4 N–H and O–H groups in total. The second-order valence-electron chi connectivity index (χ2n) is 3.06. The molecule has 0 aliphatic carbocycles. The van der Waals surface area contributed by atoms with Gasteiger partial charge in [-0.2, -0.15) is 0 Å². The summed E-state index contributed by atoms with van der Waals surface area (Å²) in [5.41, 5.74) is 0. The molecule has 0 aromatic rings. The van der Waals surface area contributed by atoms with Crippen molar-refractivity contribution in [3.63, 3.8) is 0 Å². The molecule has 4 atom stereocenters. The van der Waals surface area contributed by atoms with Crippen LogP contribution in [0.25, 0.3) is 0 Å². The van der Waals surface area contributed by atoms with Gasteiger partial charge in [0.05, 0.1) is 12.7 Å². The Labute approximate surface area is 81.7 Å². The molecule has 0 amide bonds. The lowest BCUT2D eigenvalue weighted by atomic mass is 10.0. The second-order valence-corrected chi connectivity index (χ2v) is 3.06. The Balaban J connectivity index is 4.45. The first kappa shape index (κ1) is 13.3. The van der Waals surface area contributed by atoms with Crippen molar-refractivity contribution in [1.29, 1.82) is 0 Å². The third-order valence-corrected chi connectivity index (χ3v) is 1.70. The number of esters is 1. The Morgan fingerprint density at radius 2 is 1.86 bits per heavy atom. The van der Waals surface area contributed by atoms with Crippen molar-refractivity contribution < 1.29 is 30.0 Å². The van der Waals surface area contributed by atoms with Crippen molar-refractivity contribution >= 4 is 5.97 Å². The molecule has 0 heterocycles. The highest BCUT2D eigenvalue weighted by Gasteiger charge is 2.32. The van der Waals surface area contributed by atoms with Gasteiger partial charge < -0.3 is 25.2 Å². The smallest absolute Gasteiger partial charge is 0.303 e. The average molecular weight is 208 g/mol. The zero-order valence-corrected chi connectivity index (χ0v) is 8.12. The van der Waals surface area contributed by atoms with E-state index >= 15 is 0 Å². The molecule has 0 spiro atoms. The molecular formula is C8H16O6. The molecule has 0 aromatic heterocycles. The van der Waals surface area contributed by atoms with E-state index < -0.39 is 37.0 Å². The molecule has 0 aliphatic rings. The Kier molecular flexibility index (Phi) is 5.63. The fraction of sp³-hybridized carbons (Fsp3) is 0.875. The summed E-state index contributed by atoms with van der Waals surface area (Å²) >= 11 is 0. The molecule has 4 unspecified atom stereocenters. The van der Waals surface area contributed by atoms with Crippen molar-refractivity contribution in [2.45, 2.75) is 38.3 Å². The van der Waals surface area contributed by atoms with Crippen LogP contribution in [-0.4, -0.2) is 57.4 Å². The largest absolute Gasteiger partial charge is 0.457 e. The molecule has 0 rings (SSSR count). The minimum atomic E-state index is -1.43. The van der Waals surface area contributed by atoms with E-state index in [1.54, 1.807) is 0 Å². The topological polar surface area (TPSA) is 107 Å². The van der Waals surface area contributed by atoms with Crippen LogP contribution in [0.1, 0.15) is 13.8 Å². The molecule has 0 aromatic carbocycles. The minimum absolute atomic E-state index is 0.665. The van der Waals surface area contributed by atoms with Gasteiger partial charge in [-0.15, -0.1) is 0 Å². The fourth-order valence-corrected chi connectivity index (χ4v) is 0.946. The summed E-state index contributed by atoms with van der Waals surface area (Å²) in [6, 6.07) is 0. The molecule has 6 heteroatoms. The van der Waals surface area contributed by atoms with Crippen LogP contribution < -0.4 is 0 Å². The Hall–Kier alpha value is -0.690. The number of carbonyl (C=O) groups is 1. The summed E-state index contributed by atoms with van der Waals surface area (Å²) in [7, 11) is 0. The predicted molar refractivity (Wildman–Crippen MR) is 46.3 cm³/mol. The van der Waals surface area contributed by atoms with Crippen LogP contribution in [0.15, 0.2) is 0 Å². The van der Waals surface area contributed by atoms with E-state index in [1.807, 2.05) is 0 Å². The Morgan fingerprint density at radius 3 is 2.14 bits per heavy atom. The monoisotopic (exact) mass is 208 g/mol. The van der Waals surface area contributed by atoms with E-state index in [2.05, 4.69) is 4.74 Å². The average Bonchev–Trinajstić information content (AvgIpc) is 2.11. The van der Waals surface area contributed by atoms with Gasteiger partial charge in [-0.1, -0.05) is 0 Å². The summed E-state index contributed by atoms with van der Waals surface area (Å²) in [5, 5.41) is 36.2.